The molecule has 0 unspecified atom stereocenters. The predicted molar refractivity (Wildman–Crippen MR) is 88.5 cm³/mol. The van der Waals surface area contributed by atoms with E-state index in [0.717, 1.165) is 11.1 Å². The Morgan fingerprint density at radius 1 is 1.22 bits per heavy atom. The van der Waals surface area contributed by atoms with Crippen molar-refractivity contribution in [2.45, 2.75) is 6.92 Å². The zero-order valence-corrected chi connectivity index (χ0v) is 12.5. The molecule has 3 N–H and O–H groups in total. The smallest absolute Gasteiger partial charge is 0.286 e. The molecule has 0 saturated heterocycles. The molecule has 1 aromatic heterocycles. The molecular weight excluding hydrogens is 295 g/mol. The van der Waals surface area contributed by atoms with Crippen molar-refractivity contribution in [1.82, 2.24) is 0 Å². The fourth-order valence-corrected chi connectivity index (χ4v) is 2.35. The van der Waals surface area contributed by atoms with Crippen LogP contribution in [0.1, 0.15) is 21.7 Å². The fourth-order valence-electron chi connectivity index (χ4n) is 2.35. The first-order valence-electron chi connectivity index (χ1n) is 7.00. The molecule has 0 aliphatic carbocycles. The molecule has 2 aromatic carbocycles. The number of benzene rings is 2. The van der Waals surface area contributed by atoms with Crippen molar-refractivity contribution < 1.29 is 13.6 Å². The lowest BCUT2D eigenvalue weighted by Gasteiger charge is -2.10. The van der Waals surface area contributed by atoms with Gasteiger partial charge in [-0.25, -0.2) is 4.39 Å². The standard InChI is InChI=1S/C18H15FN2O2/c1-10-3-5-12(6-4-10)11(2)21-16-14-8-7-13(19)9-15(14)23-17(16)18(20)22/h3-9,21H,2H2,1H3,(H2,20,22). The third-order valence-electron chi connectivity index (χ3n) is 3.55. The van der Waals surface area contributed by atoms with Gasteiger partial charge in [0.2, 0.25) is 5.76 Å². The number of amides is 1. The number of carbonyl (C=O) groups is 1. The van der Waals surface area contributed by atoms with Gasteiger partial charge in [0, 0.05) is 17.1 Å². The Hall–Kier alpha value is -3.08. The van der Waals surface area contributed by atoms with E-state index in [4.69, 9.17) is 10.2 Å². The van der Waals surface area contributed by atoms with Crippen molar-refractivity contribution in [2.75, 3.05) is 5.32 Å². The average molecular weight is 310 g/mol. The van der Waals surface area contributed by atoms with Crippen LogP contribution < -0.4 is 11.1 Å². The molecule has 0 fully saturated rings. The monoisotopic (exact) mass is 310 g/mol. The Labute approximate surface area is 132 Å². The van der Waals surface area contributed by atoms with Crippen LogP contribution in [0.15, 0.2) is 53.5 Å². The van der Waals surface area contributed by atoms with Crippen LogP contribution in [0.4, 0.5) is 10.1 Å². The minimum absolute atomic E-state index is 0.0566. The van der Waals surface area contributed by atoms with E-state index in [0.29, 0.717) is 16.8 Å². The summed E-state index contributed by atoms with van der Waals surface area (Å²) in [7, 11) is 0. The Bertz CT molecular complexity index is 911. The average Bonchev–Trinajstić information content (AvgIpc) is 2.86. The minimum atomic E-state index is -0.735. The molecule has 0 bridgehead atoms. The number of hydrogen-bond acceptors (Lipinski definition) is 3. The molecule has 0 aliphatic rings. The Morgan fingerprint density at radius 2 is 1.91 bits per heavy atom. The Morgan fingerprint density at radius 3 is 2.57 bits per heavy atom. The van der Waals surface area contributed by atoms with E-state index in [1.54, 1.807) is 0 Å². The molecule has 3 aromatic rings. The highest BCUT2D eigenvalue weighted by atomic mass is 19.1. The zero-order valence-electron chi connectivity index (χ0n) is 12.5. The number of furan rings is 1. The second-order valence-electron chi connectivity index (χ2n) is 5.28. The number of hydrogen-bond donors (Lipinski definition) is 2. The molecule has 3 rings (SSSR count). The lowest BCUT2D eigenvalue weighted by atomic mass is 10.1. The summed E-state index contributed by atoms with van der Waals surface area (Å²) in [4.78, 5) is 11.6. The van der Waals surface area contributed by atoms with Gasteiger partial charge in [-0.3, -0.25) is 4.79 Å². The molecule has 0 saturated carbocycles. The predicted octanol–water partition coefficient (Wildman–Crippen LogP) is 4.06. The topological polar surface area (TPSA) is 68.3 Å². The zero-order chi connectivity index (χ0) is 16.6. The van der Waals surface area contributed by atoms with Gasteiger partial charge in [-0.1, -0.05) is 36.4 Å². The van der Waals surface area contributed by atoms with Gasteiger partial charge in [-0.05, 0) is 24.6 Å². The summed E-state index contributed by atoms with van der Waals surface area (Å²) < 4.78 is 18.7. The van der Waals surface area contributed by atoms with Gasteiger partial charge < -0.3 is 15.5 Å². The van der Waals surface area contributed by atoms with Crippen LogP contribution in [0.5, 0.6) is 0 Å². The van der Waals surface area contributed by atoms with Crippen molar-refractivity contribution in [3.63, 3.8) is 0 Å². The molecule has 4 nitrogen and oxygen atoms in total. The summed E-state index contributed by atoms with van der Waals surface area (Å²) in [5, 5.41) is 3.62. The first-order valence-corrected chi connectivity index (χ1v) is 7.00. The molecule has 5 heteroatoms. The van der Waals surface area contributed by atoms with E-state index in [2.05, 4.69) is 11.9 Å². The Kier molecular flexibility index (Phi) is 3.62. The third-order valence-corrected chi connectivity index (χ3v) is 3.55. The quantitative estimate of drug-likeness (QED) is 0.763. The van der Waals surface area contributed by atoms with E-state index >= 15 is 0 Å². The van der Waals surface area contributed by atoms with Gasteiger partial charge in [0.15, 0.2) is 0 Å². The Balaban J connectivity index is 2.04. The fraction of sp³-hybridized carbons (Fsp3) is 0.0556. The molecular formula is C18H15FN2O2. The maximum atomic E-state index is 13.3. The minimum Gasteiger partial charge on any atom is -0.449 e. The molecule has 0 radical (unpaired) electrons. The lowest BCUT2D eigenvalue weighted by Crippen LogP contribution is -2.12. The lowest BCUT2D eigenvalue weighted by molar-refractivity contribution is 0.0977. The molecule has 0 spiro atoms. The highest BCUT2D eigenvalue weighted by Gasteiger charge is 2.19. The van der Waals surface area contributed by atoms with E-state index in [1.165, 1.54) is 18.2 Å². The molecule has 1 heterocycles. The van der Waals surface area contributed by atoms with Gasteiger partial charge in [-0.15, -0.1) is 0 Å². The largest absolute Gasteiger partial charge is 0.449 e. The number of nitrogens with one attached hydrogen (secondary N) is 1. The van der Waals surface area contributed by atoms with Crippen molar-refractivity contribution in [3.05, 3.63) is 71.7 Å². The van der Waals surface area contributed by atoms with Gasteiger partial charge in [0.05, 0.1) is 5.69 Å². The number of nitrogens with two attached hydrogens (primary N) is 1. The van der Waals surface area contributed by atoms with Crippen LogP contribution in [-0.4, -0.2) is 5.91 Å². The molecule has 116 valence electrons. The number of rotatable bonds is 4. The second-order valence-corrected chi connectivity index (χ2v) is 5.28. The van der Waals surface area contributed by atoms with E-state index in [9.17, 15) is 9.18 Å². The van der Waals surface area contributed by atoms with Crippen LogP contribution in [0.3, 0.4) is 0 Å². The molecule has 0 atom stereocenters. The van der Waals surface area contributed by atoms with E-state index in [-0.39, 0.29) is 11.3 Å². The molecule has 0 aliphatic heterocycles. The summed E-state index contributed by atoms with van der Waals surface area (Å²) in [6.45, 7) is 5.96. The van der Waals surface area contributed by atoms with Gasteiger partial charge in [0.1, 0.15) is 11.4 Å². The van der Waals surface area contributed by atoms with Crippen molar-refractivity contribution in [2.24, 2.45) is 5.73 Å². The van der Waals surface area contributed by atoms with E-state index in [1.807, 2.05) is 31.2 Å². The van der Waals surface area contributed by atoms with Crippen LogP contribution in [0.2, 0.25) is 0 Å². The van der Waals surface area contributed by atoms with Crippen molar-refractivity contribution in [1.29, 1.82) is 0 Å². The summed E-state index contributed by atoms with van der Waals surface area (Å²) in [5.41, 5.74) is 8.56. The third kappa shape index (κ3) is 2.81. The number of halogens is 1. The number of fused-ring (bicyclic) bond motifs is 1. The van der Waals surface area contributed by atoms with Crippen LogP contribution in [-0.2, 0) is 0 Å². The summed E-state index contributed by atoms with van der Waals surface area (Å²) in [6, 6.07) is 11.8. The summed E-state index contributed by atoms with van der Waals surface area (Å²) in [6.07, 6.45) is 0. The number of carbonyl (C=O) groups excluding carboxylic acids is 1. The van der Waals surface area contributed by atoms with Crippen LogP contribution in [0, 0.1) is 12.7 Å². The highest BCUT2D eigenvalue weighted by molar-refractivity contribution is 6.07. The summed E-state index contributed by atoms with van der Waals surface area (Å²) in [5.74, 6) is -1.24. The van der Waals surface area contributed by atoms with Crippen molar-refractivity contribution in [3.8, 4) is 0 Å². The van der Waals surface area contributed by atoms with Crippen LogP contribution >= 0.6 is 0 Å². The highest BCUT2D eigenvalue weighted by Crippen LogP contribution is 2.33. The first-order chi connectivity index (χ1) is 11.0. The second kappa shape index (κ2) is 5.61. The van der Waals surface area contributed by atoms with Crippen LogP contribution in [0.25, 0.3) is 16.7 Å². The maximum absolute atomic E-state index is 13.3. The van der Waals surface area contributed by atoms with Crippen molar-refractivity contribution >= 4 is 28.3 Å². The van der Waals surface area contributed by atoms with Gasteiger partial charge >= 0.3 is 0 Å². The van der Waals surface area contributed by atoms with Gasteiger partial charge in [0.25, 0.3) is 5.91 Å². The summed E-state index contributed by atoms with van der Waals surface area (Å²) >= 11 is 0. The SMILES string of the molecule is C=C(Nc1c(C(N)=O)oc2cc(F)ccc12)c1ccc(C)cc1. The molecule has 23 heavy (non-hydrogen) atoms. The number of aryl methyl sites for hydroxylation is 1. The maximum Gasteiger partial charge on any atom is 0.286 e. The number of primary amides is 1. The first kappa shape index (κ1) is 14.8. The number of anilines is 1. The van der Waals surface area contributed by atoms with Gasteiger partial charge in [-0.2, -0.15) is 0 Å². The van der Waals surface area contributed by atoms with E-state index < -0.39 is 11.7 Å². The normalized spacial score (nSPS) is 10.7. The molecule has 1 amide bonds.